The third-order valence-corrected chi connectivity index (χ3v) is 2.62. The number of carbonyl (C=O) groups is 1. The highest BCUT2D eigenvalue weighted by atomic mass is 32.1. The van der Waals surface area contributed by atoms with Crippen molar-refractivity contribution in [2.45, 2.75) is 32.4 Å². The average molecular weight is 217 g/mol. The highest BCUT2D eigenvalue weighted by Crippen LogP contribution is 2.26. The van der Waals surface area contributed by atoms with Crippen LogP contribution < -0.4 is 0 Å². The Morgan fingerprint density at radius 1 is 1.71 bits per heavy atom. The molecule has 1 heterocycles. The second kappa shape index (κ2) is 4.04. The van der Waals surface area contributed by atoms with E-state index in [2.05, 4.69) is 4.98 Å². The Bertz CT molecular complexity index is 330. The Balaban J connectivity index is 2.64. The van der Waals surface area contributed by atoms with Crippen LogP contribution in [-0.2, 0) is 16.9 Å². The minimum absolute atomic E-state index is 0.0413. The van der Waals surface area contributed by atoms with Crippen molar-refractivity contribution < 1.29 is 14.3 Å². The van der Waals surface area contributed by atoms with Crippen molar-refractivity contribution in [3.8, 4) is 0 Å². The fourth-order valence-electron chi connectivity index (χ4n) is 0.913. The zero-order chi connectivity index (χ0) is 10.8. The van der Waals surface area contributed by atoms with E-state index in [1.807, 2.05) is 0 Å². The van der Waals surface area contributed by atoms with Gasteiger partial charge in [0.25, 0.3) is 0 Å². The quantitative estimate of drug-likeness (QED) is 0.842. The number of carboxylic acids is 1. The molecule has 0 radical (unpaired) electrons. The molecule has 0 saturated carbocycles. The number of halogens is 1. The number of nitrogens with zero attached hydrogens (tertiary/aromatic N) is 1. The molecular formula is C9H12FNO2S. The van der Waals surface area contributed by atoms with Gasteiger partial charge in [-0.1, -0.05) is 0 Å². The van der Waals surface area contributed by atoms with Crippen molar-refractivity contribution in [3.63, 3.8) is 0 Å². The molecule has 0 aliphatic carbocycles. The van der Waals surface area contributed by atoms with Gasteiger partial charge in [-0.15, -0.1) is 11.3 Å². The minimum atomic E-state index is -1.45. The van der Waals surface area contributed by atoms with E-state index in [1.54, 1.807) is 5.38 Å². The van der Waals surface area contributed by atoms with Crippen molar-refractivity contribution in [1.82, 2.24) is 4.98 Å². The molecule has 0 atom stereocenters. The maximum Gasteiger partial charge on any atom is 0.303 e. The molecule has 0 unspecified atom stereocenters. The summed E-state index contributed by atoms with van der Waals surface area (Å²) in [7, 11) is 0. The summed E-state index contributed by atoms with van der Waals surface area (Å²) in [5.41, 5.74) is -1.07. The zero-order valence-corrected chi connectivity index (χ0v) is 8.90. The van der Waals surface area contributed by atoms with Crippen molar-refractivity contribution >= 4 is 17.3 Å². The molecular weight excluding hydrogens is 205 g/mol. The summed E-state index contributed by atoms with van der Waals surface area (Å²) in [5, 5.41) is 10.8. The van der Waals surface area contributed by atoms with Crippen LogP contribution in [0, 0.1) is 0 Å². The lowest BCUT2D eigenvalue weighted by Crippen LogP contribution is -2.09. The smallest absolute Gasteiger partial charge is 0.303 e. The van der Waals surface area contributed by atoms with Gasteiger partial charge in [-0.05, 0) is 13.8 Å². The summed E-state index contributed by atoms with van der Waals surface area (Å²) in [4.78, 5) is 14.3. The standard InChI is InChI=1S/C9H12FNO2S/c1-9(2,10)6-5-14-7(11-6)3-4-8(12)13/h5H,3-4H2,1-2H3,(H,12,13). The molecule has 1 N–H and O–H groups in total. The van der Waals surface area contributed by atoms with Crippen molar-refractivity contribution in [2.24, 2.45) is 0 Å². The summed E-state index contributed by atoms with van der Waals surface area (Å²) in [6, 6.07) is 0. The fourth-order valence-corrected chi connectivity index (χ4v) is 1.86. The number of aliphatic carboxylic acids is 1. The van der Waals surface area contributed by atoms with E-state index in [9.17, 15) is 9.18 Å². The van der Waals surface area contributed by atoms with Gasteiger partial charge < -0.3 is 5.11 Å². The van der Waals surface area contributed by atoms with Crippen LogP contribution in [0.5, 0.6) is 0 Å². The number of hydrogen-bond acceptors (Lipinski definition) is 3. The van der Waals surface area contributed by atoms with Gasteiger partial charge in [0.1, 0.15) is 5.67 Å². The molecule has 1 aromatic rings. The fraction of sp³-hybridized carbons (Fsp3) is 0.556. The van der Waals surface area contributed by atoms with Crippen LogP contribution in [0.4, 0.5) is 4.39 Å². The Morgan fingerprint density at radius 2 is 2.36 bits per heavy atom. The van der Waals surface area contributed by atoms with Crippen LogP contribution in [-0.4, -0.2) is 16.1 Å². The topological polar surface area (TPSA) is 50.2 Å². The number of hydrogen-bond donors (Lipinski definition) is 1. The monoisotopic (exact) mass is 217 g/mol. The first-order chi connectivity index (χ1) is 6.39. The molecule has 0 aliphatic heterocycles. The van der Waals surface area contributed by atoms with Crippen LogP contribution >= 0.6 is 11.3 Å². The van der Waals surface area contributed by atoms with Gasteiger partial charge in [0.05, 0.1) is 17.1 Å². The van der Waals surface area contributed by atoms with Crippen molar-refractivity contribution in [3.05, 3.63) is 16.1 Å². The van der Waals surface area contributed by atoms with E-state index in [4.69, 9.17) is 5.11 Å². The highest BCUT2D eigenvalue weighted by molar-refractivity contribution is 7.09. The summed E-state index contributed by atoms with van der Waals surface area (Å²) >= 11 is 1.30. The summed E-state index contributed by atoms with van der Waals surface area (Å²) in [6.45, 7) is 2.87. The molecule has 0 aliphatic rings. The zero-order valence-electron chi connectivity index (χ0n) is 8.08. The van der Waals surface area contributed by atoms with Crippen LogP contribution in [0.2, 0.25) is 0 Å². The largest absolute Gasteiger partial charge is 0.481 e. The summed E-state index contributed by atoms with van der Waals surface area (Å²) in [5.74, 6) is -0.860. The SMILES string of the molecule is CC(C)(F)c1csc(CCC(=O)O)n1. The van der Waals surface area contributed by atoms with Gasteiger partial charge in [0, 0.05) is 11.8 Å². The second-order valence-corrected chi connectivity index (χ2v) is 4.44. The third kappa shape index (κ3) is 3.06. The maximum absolute atomic E-state index is 13.4. The number of carboxylic acid groups (broad SMARTS) is 1. The Hall–Kier alpha value is -0.970. The molecule has 1 rings (SSSR count). The van der Waals surface area contributed by atoms with E-state index < -0.39 is 11.6 Å². The Labute approximate surface area is 85.6 Å². The second-order valence-electron chi connectivity index (χ2n) is 3.49. The van der Waals surface area contributed by atoms with Gasteiger partial charge in [0.2, 0.25) is 0 Å². The van der Waals surface area contributed by atoms with Crippen molar-refractivity contribution in [2.75, 3.05) is 0 Å². The van der Waals surface area contributed by atoms with E-state index in [-0.39, 0.29) is 6.42 Å². The molecule has 0 bridgehead atoms. The van der Waals surface area contributed by atoms with E-state index in [1.165, 1.54) is 25.2 Å². The first-order valence-corrected chi connectivity index (χ1v) is 5.13. The first kappa shape index (κ1) is 11.1. The predicted octanol–water partition coefficient (Wildman–Crippen LogP) is 2.36. The lowest BCUT2D eigenvalue weighted by molar-refractivity contribution is -0.136. The Kier molecular flexibility index (Phi) is 3.21. The molecule has 0 saturated heterocycles. The van der Waals surface area contributed by atoms with Gasteiger partial charge in [-0.2, -0.15) is 0 Å². The number of thiazole rings is 1. The molecule has 0 spiro atoms. The lowest BCUT2D eigenvalue weighted by atomic mass is 10.1. The molecule has 78 valence electrons. The highest BCUT2D eigenvalue weighted by Gasteiger charge is 2.22. The molecule has 14 heavy (non-hydrogen) atoms. The summed E-state index contributed by atoms with van der Waals surface area (Å²) < 4.78 is 13.4. The maximum atomic E-state index is 13.4. The van der Waals surface area contributed by atoms with Crippen molar-refractivity contribution in [1.29, 1.82) is 0 Å². The van der Waals surface area contributed by atoms with E-state index in [0.29, 0.717) is 17.1 Å². The minimum Gasteiger partial charge on any atom is -0.481 e. The third-order valence-electron chi connectivity index (χ3n) is 1.71. The first-order valence-electron chi connectivity index (χ1n) is 4.25. The normalized spacial score (nSPS) is 11.6. The van der Waals surface area contributed by atoms with Gasteiger partial charge in [-0.3, -0.25) is 4.79 Å². The molecule has 3 nitrogen and oxygen atoms in total. The number of alkyl halides is 1. The molecule has 1 aromatic heterocycles. The van der Waals surface area contributed by atoms with Gasteiger partial charge >= 0.3 is 5.97 Å². The molecule has 5 heteroatoms. The van der Waals surface area contributed by atoms with Crippen LogP contribution in [0.1, 0.15) is 31.0 Å². The predicted molar refractivity (Wildman–Crippen MR) is 52.2 cm³/mol. The lowest BCUT2D eigenvalue weighted by Gasteiger charge is -2.09. The van der Waals surface area contributed by atoms with E-state index in [0.717, 1.165) is 0 Å². The molecule has 0 amide bonds. The van der Waals surface area contributed by atoms with Gasteiger partial charge in [0.15, 0.2) is 0 Å². The van der Waals surface area contributed by atoms with Crippen LogP contribution in [0.15, 0.2) is 5.38 Å². The summed E-state index contributed by atoms with van der Waals surface area (Å²) in [6.07, 6.45) is 0.412. The number of rotatable bonds is 4. The van der Waals surface area contributed by atoms with E-state index >= 15 is 0 Å². The number of aromatic nitrogens is 1. The molecule has 0 fully saturated rings. The van der Waals surface area contributed by atoms with Crippen LogP contribution in [0.25, 0.3) is 0 Å². The average Bonchev–Trinajstić information content (AvgIpc) is 2.47. The number of aryl methyl sites for hydroxylation is 1. The molecule has 0 aromatic carbocycles. The van der Waals surface area contributed by atoms with Gasteiger partial charge in [-0.25, -0.2) is 9.37 Å². The van der Waals surface area contributed by atoms with Crippen LogP contribution in [0.3, 0.4) is 0 Å². The Morgan fingerprint density at radius 3 is 2.79 bits per heavy atom.